The number of hydrogen-bond donors (Lipinski definition) is 1. The van der Waals surface area contributed by atoms with Gasteiger partial charge in [-0.3, -0.25) is 0 Å². The summed E-state index contributed by atoms with van der Waals surface area (Å²) in [4.78, 5) is 2.32. The maximum Gasteiger partial charge on any atom is 0.0357 e. The molecule has 2 rings (SSSR count). The summed E-state index contributed by atoms with van der Waals surface area (Å²) in [5.74, 6) is 1.59. The molecule has 3 unspecified atom stereocenters. The number of likely N-dealkylation sites (tertiary alicyclic amines) is 1. The standard InChI is InChI=1S/C7H14N2/c1-5-6-3-9(2)4-7(5,6)8/h5-6H,3-4,8H2,1-2H3. The van der Waals surface area contributed by atoms with E-state index in [4.69, 9.17) is 5.73 Å². The summed E-state index contributed by atoms with van der Waals surface area (Å²) in [5.41, 5.74) is 6.26. The number of rotatable bonds is 0. The van der Waals surface area contributed by atoms with Crippen molar-refractivity contribution in [2.24, 2.45) is 17.6 Å². The van der Waals surface area contributed by atoms with E-state index in [0.29, 0.717) is 0 Å². The molecule has 9 heavy (non-hydrogen) atoms. The predicted octanol–water partition coefficient (Wildman–Crippen LogP) is -0.105. The van der Waals surface area contributed by atoms with Crippen LogP contribution < -0.4 is 5.73 Å². The maximum atomic E-state index is 6.04. The second-order valence-electron chi connectivity index (χ2n) is 3.70. The van der Waals surface area contributed by atoms with Crippen LogP contribution in [0.4, 0.5) is 0 Å². The summed E-state index contributed by atoms with van der Waals surface area (Å²) in [6.07, 6.45) is 0. The monoisotopic (exact) mass is 126 g/mol. The molecule has 0 bridgehead atoms. The van der Waals surface area contributed by atoms with Gasteiger partial charge in [-0.05, 0) is 18.9 Å². The zero-order chi connectivity index (χ0) is 6.65. The van der Waals surface area contributed by atoms with Gasteiger partial charge in [0, 0.05) is 18.6 Å². The average Bonchev–Trinajstić information content (AvgIpc) is 2.23. The normalized spacial score (nSPS) is 57.7. The van der Waals surface area contributed by atoms with Crippen molar-refractivity contribution in [3.05, 3.63) is 0 Å². The van der Waals surface area contributed by atoms with E-state index in [1.165, 1.54) is 6.54 Å². The maximum absolute atomic E-state index is 6.04. The van der Waals surface area contributed by atoms with Gasteiger partial charge in [0.25, 0.3) is 0 Å². The van der Waals surface area contributed by atoms with Crippen LogP contribution in [0.5, 0.6) is 0 Å². The van der Waals surface area contributed by atoms with E-state index < -0.39 is 0 Å². The van der Waals surface area contributed by atoms with Crippen LogP contribution >= 0.6 is 0 Å². The van der Waals surface area contributed by atoms with Gasteiger partial charge in [0.15, 0.2) is 0 Å². The fourth-order valence-electron chi connectivity index (χ4n) is 2.21. The molecule has 1 saturated heterocycles. The van der Waals surface area contributed by atoms with E-state index in [0.717, 1.165) is 18.4 Å². The molecule has 0 aromatic heterocycles. The number of nitrogens with two attached hydrogens (primary N) is 1. The molecule has 2 N–H and O–H groups in total. The molecule has 2 fully saturated rings. The molecule has 2 heteroatoms. The van der Waals surface area contributed by atoms with Crippen LogP contribution in [-0.2, 0) is 0 Å². The highest BCUT2D eigenvalue weighted by Crippen LogP contribution is 2.52. The predicted molar refractivity (Wildman–Crippen MR) is 37.1 cm³/mol. The first kappa shape index (κ1) is 5.69. The molecule has 0 spiro atoms. The average molecular weight is 126 g/mol. The molecule has 0 aromatic carbocycles. The Hall–Kier alpha value is -0.0800. The first-order chi connectivity index (χ1) is 4.14. The van der Waals surface area contributed by atoms with Crippen molar-refractivity contribution in [3.8, 4) is 0 Å². The lowest BCUT2D eigenvalue weighted by Crippen LogP contribution is -2.33. The zero-order valence-electron chi connectivity index (χ0n) is 6.09. The van der Waals surface area contributed by atoms with E-state index in [1.54, 1.807) is 0 Å². The van der Waals surface area contributed by atoms with Crippen molar-refractivity contribution < 1.29 is 0 Å². The van der Waals surface area contributed by atoms with Gasteiger partial charge >= 0.3 is 0 Å². The Labute approximate surface area is 56.0 Å². The molecule has 52 valence electrons. The Morgan fingerprint density at radius 2 is 2.33 bits per heavy atom. The van der Waals surface area contributed by atoms with Gasteiger partial charge in [-0.25, -0.2) is 0 Å². The van der Waals surface area contributed by atoms with Crippen LogP contribution in [0.3, 0.4) is 0 Å². The Morgan fingerprint density at radius 1 is 1.67 bits per heavy atom. The quantitative estimate of drug-likeness (QED) is 0.491. The van der Waals surface area contributed by atoms with Crippen molar-refractivity contribution >= 4 is 0 Å². The van der Waals surface area contributed by atoms with Crippen molar-refractivity contribution in [2.45, 2.75) is 12.5 Å². The summed E-state index contributed by atoms with van der Waals surface area (Å²) in [6, 6.07) is 0. The number of likely N-dealkylation sites (N-methyl/N-ethyl adjacent to an activating group) is 1. The highest BCUT2D eigenvalue weighted by atomic mass is 15.2. The molecule has 0 radical (unpaired) electrons. The molecule has 1 saturated carbocycles. The van der Waals surface area contributed by atoms with Crippen LogP contribution in [0.1, 0.15) is 6.92 Å². The smallest absolute Gasteiger partial charge is 0.0357 e. The van der Waals surface area contributed by atoms with Gasteiger partial charge in [0.2, 0.25) is 0 Å². The van der Waals surface area contributed by atoms with Gasteiger partial charge < -0.3 is 10.6 Å². The SMILES string of the molecule is CC1C2CN(C)CC12N. The van der Waals surface area contributed by atoms with Gasteiger partial charge in [0.1, 0.15) is 0 Å². The van der Waals surface area contributed by atoms with Crippen molar-refractivity contribution in [3.63, 3.8) is 0 Å². The van der Waals surface area contributed by atoms with Gasteiger partial charge in [-0.1, -0.05) is 6.92 Å². The largest absolute Gasteiger partial charge is 0.323 e. The summed E-state index contributed by atoms with van der Waals surface area (Å²) in [5, 5.41) is 0. The van der Waals surface area contributed by atoms with E-state index >= 15 is 0 Å². The van der Waals surface area contributed by atoms with Gasteiger partial charge in [-0.15, -0.1) is 0 Å². The minimum atomic E-state index is 0.217. The summed E-state index contributed by atoms with van der Waals surface area (Å²) >= 11 is 0. The van der Waals surface area contributed by atoms with Crippen LogP contribution in [0.2, 0.25) is 0 Å². The van der Waals surface area contributed by atoms with Crippen LogP contribution in [0.25, 0.3) is 0 Å². The highest BCUT2D eigenvalue weighted by molar-refractivity contribution is 5.20. The van der Waals surface area contributed by atoms with Crippen LogP contribution in [0.15, 0.2) is 0 Å². The summed E-state index contributed by atoms with van der Waals surface area (Å²) < 4.78 is 0. The number of nitrogens with zero attached hydrogens (tertiary/aromatic N) is 1. The van der Waals surface area contributed by atoms with Crippen molar-refractivity contribution in [1.29, 1.82) is 0 Å². The number of hydrogen-bond acceptors (Lipinski definition) is 2. The highest BCUT2D eigenvalue weighted by Gasteiger charge is 2.63. The molecule has 0 amide bonds. The van der Waals surface area contributed by atoms with Gasteiger partial charge in [-0.2, -0.15) is 0 Å². The first-order valence-electron chi connectivity index (χ1n) is 3.62. The molecule has 0 aromatic rings. The summed E-state index contributed by atoms with van der Waals surface area (Å²) in [7, 11) is 2.15. The van der Waals surface area contributed by atoms with Gasteiger partial charge in [0.05, 0.1) is 0 Å². The molecular weight excluding hydrogens is 112 g/mol. The number of piperidine rings is 1. The van der Waals surface area contributed by atoms with Crippen LogP contribution in [-0.4, -0.2) is 30.6 Å². The van der Waals surface area contributed by atoms with E-state index in [2.05, 4.69) is 18.9 Å². The molecule has 1 aliphatic heterocycles. The second-order valence-corrected chi connectivity index (χ2v) is 3.70. The fraction of sp³-hybridized carbons (Fsp3) is 1.00. The number of fused-ring (bicyclic) bond motifs is 1. The molecular formula is C7H14N2. The third-order valence-electron chi connectivity index (χ3n) is 3.08. The Kier molecular flexibility index (Phi) is 0.837. The van der Waals surface area contributed by atoms with Crippen molar-refractivity contribution in [2.75, 3.05) is 20.1 Å². The molecule has 2 aliphatic rings. The fourth-order valence-corrected chi connectivity index (χ4v) is 2.21. The lowest BCUT2D eigenvalue weighted by molar-refractivity contribution is 0.339. The zero-order valence-corrected chi connectivity index (χ0v) is 6.09. The third kappa shape index (κ3) is 0.528. The van der Waals surface area contributed by atoms with E-state index in [1.807, 2.05) is 0 Å². The molecule has 1 heterocycles. The Balaban J connectivity index is 2.12. The second kappa shape index (κ2) is 1.32. The van der Waals surface area contributed by atoms with Crippen LogP contribution in [0, 0.1) is 11.8 Å². The third-order valence-corrected chi connectivity index (χ3v) is 3.08. The Bertz CT molecular complexity index is 146. The minimum absolute atomic E-state index is 0.217. The molecule has 3 atom stereocenters. The molecule has 2 nitrogen and oxygen atoms in total. The van der Waals surface area contributed by atoms with E-state index in [9.17, 15) is 0 Å². The Morgan fingerprint density at radius 3 is 2.67 bits per heavy atom. The topological polar surface area (TPSA) is 29.3 Å². The minimum Gasteiger partial charge on any atom is -0.323 e. The lowest BCUT2D eigenvalue weighted by Gasteiger charge is -2.13. The summed E-state index contributed by atoms with van der Waals surface area (Å²) in [6.45, 7) is 4.59. The molecule has 1 aliphatic carbocycles. The first-order valence-corrected chi connectivity index (χ1v) is 3.62. The lowest BCUT2D eigenvalue weighted by atomic mass is 10.2. The van der Waals surface area contributed by atoms with E-state index in [-0.39, 0.29) is 5.54 Å². The van der Waals surface area contributed by atoms with Crippen molar-refractivity contribution in [1.82, 2.24) is 4.90 Å².